The minimum atomic E-state index is -0.506. The van der Waals surface area contributed by atoms with Gasteiger partial charge in [-0.1, -0.05) is 6.07 Å². The predicted octanol–water partition coefficient (Wildman–Crippen LogP) is 2.74. The first kappa shape index (κ1) is 18.1. The first-order valence-corrected chi connectivity index (χ1v) is 7.45. The van der Waals surface area contributed by atoms with E-state index in [2.05, 4.69) is 10.6 Å². The molecule has 0 aromatic heterocycles. The molecule has 9 heteroatoms. The van der Waals surface area contributed by atoms with Crippen LogP contribution in [0.4, 0.5) is 11.4 Å². The topological polar surface area (TPSA) is 103 Å². The molecule has 0 aliphatic heterocycles. The summed E-state index contributed by atoms with van der Waals surface area (Å²) in [6, 6.07) is 10.6. The standard InChI is InChI=1S/C16H15N3O5S/c1-23-12-4-3-5-13(24-2)14(12)15(20)18-16(25)17-10-6-8-11(9-7-10)19(21)22/h3-9H,1-2H3,(H2,17,18,20,25). The molecule has 2 aromatic carbocycles. The van der Waals surface area contributed by atoms with Crippen molar-refractivity contribution in [1.29, 1.82) is 0 Å². The normalized spacial score (nSPS) is 9.84. The molecular formula is C16H15N3O5S. The minimum absolute atomic E-state index is 0.0341. The number of nitrogens with zero attached hydrogens (tertiary/aromatic N) is 1. The van der Waals surface area contributed by atoms with Gasteiger partial charge in [0.25, 0.3) is 11.6 Å². The molecule has 130 valence electrons. The summed E-state index contributed by atoms with van der Waals surface area (Å²) in [5.74, 6) is 0.179. The predicted molar refractivity (Wildman–Crippen MR) is 96.3 cm³/mol. The Morgan fingerprint density at radius 2 is 1.64 bits per heavy atom. The SMILES string of the molecule is COc1cccc(OC)c1C(=O)NC(=S)Nc1ccc([N+](=O)[O-])cc1. The monoisotopic (exact) mass is 361 g/mol. The maximum Gasteiger partial charge on any atom is 0.269 e. The van der Waals surface area contributed by atoms with E-state index < -0.39 is 10.8 Å². The van der Waals surface area contributed by atoms with Crippen molar-refractivity contribution >= 4 is 34.6 Å². The van der Waals surface area contributed by atoms with Gasteiger partial charge in [0, 0.05) is 17.8 Å². The third-order valence-corrected chi connectivity index (χ3v) is 3.42. The number of ether oxygens (including phenoxy) is 2. The maximum atomic E-state index is 12.5. The summed E-state index contributed by atoms with van der Waals surface area (Å²) in [4.78, 5) is 22.6. The van der Waals surface area contributed by atoms with Crippen LogP contribution in [0.1, 0.15) is 10.4 Å². The van der Waals surface area contributed by atoms with Crippen LogP contribution in [0.25, 0.3) is 0 Å². The number of benzene rings is 2. The van der Waals surface area contributed by atoms with E-state index in [1.165, 1.54) is 38.5 Å². The summed E-state index contributed by atoms with van der Waals surface area (Å²) in [6.45, 7) is 0. The number of rotatable bonds is 5. The molecule has 0 saturated heterocycles. The number of anilines is 1. The molecule has 8 nitrogen and oxygen atoms in total. The van der Waals surface area contributed by atoms with E-state index in [1.54, 1.807) is 18.2 Å². The lowest BCUT2D eigenvalue weighted by atomic mass is 10.1. The van der Waals surface area contributed by atoms with Gasteiger partial charge in [-0.2, -0.15) is 0 Å². The number of nitro benzene ring substituents is 1. The number of amides is 1. The molecular weight excluding hydrogens is 346 g/mol. The Labute approximate surface area is 148 Å². The third-order valence-electron chi connectivity index (χ3n) is 3.22. The molecule has 2 rings (SSSR count). The summed E-state index contributed by atoms with van der Waals surface area (Å²) in [5, 5.41) is 16.0. The smallest absolute Gasteiger partial charge is 0.269 e. The molecule has 0 fully saturated rings. The molecule has 1 amide bonds. The van der Waals surface area contributed by atoms with Gasteiger partial charge in [-0.25, -0.2) is 0 Å². The molecule has 0 aliphatic rings. The second kappa shape index (κ2) is 8.06. The fourth-order valence-corrected chi connectivity index (χ4v) is 2.28. The van der Waals surface area contributed by atoms with Crippen LogP contribution in [0.15, 0.2) is 42.5 Å². The van der Waals surface area contributed by atoms with Crippen LogP contribution >= 0.6 is 12.2 Å². The average Bonchev–Trinajstić information content (AvgIpc) is 2.61. The Morgan fingerprint density at radius 3 is 2.12 bits per heavy atom. The number of thiocarbonyl (C=S) groups is 1. The highest BCUT2D eigenvalue weighted by Crippen LogP contribution is 2.28. The second-order valence-corrected chi connectivity index (χ2v) is 5.16. The van der Waals surface area contributed by atoms with Crippen molar-refractivity contribution < 1.29 is 19.2 Å². The molecule has 25 heavy (non-hydrogen) atoms. The summed E-state index contributed by atoms with van der Waals surface area (Å²) in [5.41, 5.74) is 0.669. The zero-order chi connectivity index (χ0) is 18.4. The lowest BCUT2D eigenvalue weighted by Gasteiger charge is -2.14. The Balaban J connectivity index is 2.10. The Bertz CT molecular complexity index is 786. The van der Waals surface area contributed by atoms with E-state index in [4.69, 9.17) is 21.7 Å². The quantitative estimate of drug-likeness (QED) is 0.479. The van der Waals surface area contributed by atoms with Crippen molar-refractivity contribution in [2.45, 2.75) is 0 Å². The number of methoxy groups -OCH3 is 2. The van der Waals surface area contributed by atoms with Gasteiger partial charge in [-0.15, -0.1) is 0 Å². The zero-order valence-electron chi connectivity index (χ0n) is 13.4. The van der Waals surface area contributed by atoms with Crippen LogP contribution in [0, 0.1) is 10.1 Å². The van der Waals surface area contributed by atoms with Crippen LogP contribution in [-0.2, 0) is 0 Å². The zero-order valence-corrected chi connectivity index (χ0v) is 14.3. The van der Waals surface area contributed by atoms with Gasteiger partial charge in [-0.05, 0) is 36.5 Å². The average molecular weight is 361 g/mol. The van der Waals surface area contributed by atoms with E-state index in [-0.39, 0.29) is 16.4 Å². The Hall–Kier alpha value is -3.20. The second-order valence-electron chi connectivity index (χ2n) is 4.75. The minimum Gasteiger partial charge on any atom is -0.496 e. The molecule has 0 bridgehead atoms. The van der Waals surface area contributed by atoms with Crippen LogP contribution in [0.2, 0.25) is 0 Å². The van der Waals surface area contributed by atoms with Crippen LogP contribution in [0.3, 0.4) is 0 Å². The Kier molecular flexibility index (Phi) is 5.85. The van der Waals surface area contributed by atoms with Gasteiger partial charge in [0.05, 0.1) is 19.1 Å². The summed E-state index contributed by atoms with van der Waals surface area (Å²) in [7, 11) is 2.89. The molecule has 2 aromatic rings. The molecule has 0 atom stereocenters. The van der Waals surface area contributed by atoms with E-state index in [0.29, 0.717) is 17.2 Å². The fraction of sp³-hybridized carbons (Fsp3) is 0.125. The third kappa shape index (κ3) is 4.42. The van der Waals surface area contributed by atoms with Crippen molar-refractivity contribution in [3.63, 3.8) is 0 Å². The van der Waals surface area contributed by atoms with Gasteiger partial charge < -0.3 is 14.8 Å². The molecule has 0 saturated carbocycles. The van der Waals surface area contributed by atoms with E-state index >= 15 is 0 Å². The van der Waals surface area contributed by atoms with Gasteiger partial charge in [0.1, 0.15) is 17.1 Å². The lowest BCUT2D eigenvalue weighted by molar-refractivity contribution is -0.384. The van der Waals surface area contributed by atoms with E-state index in [0.717, 1.165) is 0 Å². The fourth-order valence-electron chi connectivity index (χ4n) is 2.07. The first-order chi connectivity index (χ1) is 12.0. The molecule has 0 spiro atoms. The molecule has 2 N–H and O–H groups in total. The van der Waals surface area contributed by atoms with Crippen molar-refractivity contribution in [2.75, 3.05) is 19.5 Å². The summed E-state index contributed by atoms with van der Waals surface area (Å²) >= 11 is 5.10. The number of nitro groups is 1. The number of carbonyl (C=O) groups is 1. The van der Waals surface area contributed by atoms with Crippen LogP contribution < -0.4 is 20.1 Å². The van der Waals surface area contributed by atoms with E-state index in [1.807, 2.05) is 0 Å². The summed E-state index contributed by atoms with van der Waals surface area (Å²) < 4.78 is 10.4. The number of nitrogens with one attached hydrogen (secondary N) is 2. The molecule has 0 radical (unpaired) electrons. The largest absolute Gasteiger partial charge is 0.496 e. The maximum absolute atomic E-state index is 12.5. The van der Waals surface area contributed by atoms with Crippen molar-refractivity contribution in [3.8, 4) is 11.5 Å². The van der Waals surface area contributed by atoms with Gasteiger partial charge in [0.2, 0.25) is 0 Å². The molecule has 0 unspecified atom stereocenters. The number of hydrogen-bond donors (Lipinski definition) is 2. The highest BCUT2D eigenvalue weighted by Gasteiger charge is 2.19. The molecule has 0 heterocycles. The summed E-state index contributed by atoms with van der Waals surface area (Å²) in [6.07, 6.45) is 0. The van der Waals surface area contributed by atoms with E-state index in [9.17, 15) is 14.9 Å². The number of non-ortho nitro benzene ring substituents is 1. The molecule has 0 aliphatic carbocycles. The van der Waals surface area contributed by atoms with Crippen LogP contribution in [-0.4, -0.2) is 30.2 Å². The first-order valence-electron chi connectivity index (χ1n) is 7.04. The highest BCUT2D eigenvalue weighted by molar-refractivity contribution is 7.80. The van der Waals surface area contributed by atoms with Crippen molar-refractivity contribution in [3.05, 3.63) is 58.1 Å². The number of hydrogen-bond acceptors (Lipinski definition) is 6. The van der Waals surface area contributed by atoms with Crippen molar-refractivity contribution in [1.82, 2.24) is 5.32 Å². The van der Waals surface area contributed by atoms with Gasteiger partial charge >= 0.3 is 0 Å². The lowest BCUT2D eigenvalue weighted by Crippen LogP contribution is -2.34. The van der Waals surface area contributed by atoms with Gasteiger partial charge in [-0.3, -0.25) is 20.2 Å². The number of carbonyl (C=O) groups excluding carboxylic acids is 1. The van der Waals surface area contributed by atoms with Crippen LogP contribution in [0.5, 0.6) is 11.5 Å². The van der Waals surface area contributed by atoms with Gasteiger partial charge in [0.15, 0.2) is 5.11 Å². The highest BCUT2D eigenvalue weighted by atomic mass is 32.1. The Morgan fingerprint density at radius 1 is 1.08 bits per heavy atom. The van der Waals surface area contributed by atoms with Crippen molar-refractivity contribution in [2.24, 2.45) is 0 Å².